The van der Waals surface area contributed by atoms with E-state index in [-0.39, 0.29) is 0 Å². The molecule has 5 nitrogen and oxygen atoms in total. The predicted octanol–water partition coefficient (Wildman–Crippen LogP) is 4.06. The largest absolute Gasteiger partial charge is 0.492 e. The van der Waals surface area contributed by atoms with Crippen molar-refractivity contribution in [3.05, 3.63) is 83.9 Å². The summed E-state index contributed by atoms with van der Waals surface area (Å²) in [6, 6.07) is 23.0. The van der Waals surface area contributed by atoms with Crippen LogP contribution in [0.25, 0.3) is 11.1 Å². The van der Waals surface area contributed by atoms with Gasteiger partial charge in [-0.2, -0.15) is 0 Å². The van der Waals surface area contributed by atoms with E-state index >= 15 is 0 Å². The maximum Gasteiger partial charge on any atom is 0.338 e. The van der Waals surface area contributed by atoms with Crippen molar-refractivity contribution in [1.29, 1.82) is 0 Å². The number of hydrogen-bond donors (Lipinski definition) is 1. The number of methoxy groups -OCH3 is 1. The third kappa shape index (κ3) is 5.11. The predicted molar refractivity (Wildman–Crippen MR) is 109 cm³/mol. The van der Waals surface area contributed by atoms with E-state index in [1.54, 1.807) is 12.1 Å². The molecule has 0 spiro atoms. The van der Waals surface area contributed by atoms with E-state index in [2.05, 4.69) is 0 Å². The molecule has 0 atom stereocenters. The van der Waals surface area contributed by atoms with Gasteiger partial charge in [-0.05, 0) is 47.0 Å². The summed E-state index contributed by atoms with van der Waals surface area (Å²) in [4.78, 5) is 12.0. The molecule has 0 saturated carbocycles. The highest BCUT2D eigenvalue weighted by molar-refractivity contribution is 5.91. The normalized spacial score (nSPS) is 10.4. The molecule has 144 valence electrons. The molecule has 0 aromatic heterocycles. The minimum atomic E-state index is -0.415. The summed E-state index contributed by atoms with van der Waals surface area (Å²) in [5, 5.41) is 0. The van der Waals surface area contributed by atoms with E-state index in [1.165, 1.54) is 7.11 Å². The first kappa shape index (κ1) is 19.5. The zero-order valence-electron chi connectivity index (χ0n) is 15.8. The van der Waals surface area contributed by atoms with Gasteiger partial charge in [0.15, 0.2) is 0 Å². The second kappa shape index (κ2) is 9.58. The summed E-state index contributed by atoms with van der Waals surface area (Å²) in [6.45, 7) is 1.27. The van der Waals surface area contributed by atoms with E-state index in [0.29, 0.717) is 31.1 Å². The molecule has 3 rings (SSSR count). The Morgan fingerprint density at radius 3 is 2.29 bits per heavy atom. The standard InChI is InChI=1S/C23H23NO4/c1-26-23(25)20-13-19(14-22(15-20)27-12-11-24)18-7-9-21(10-8-18)28-16-17-5-3-2-4-6-17/h2-10,13-15H,11-12,16,24H2,1H3. The van der Waals surface area contributed by atoms with Crippen molar-refractivity contribution >= 4 is 5.97 Å². The van der Waals surface area contributed by atoms with Gasteiger partial charge in [-0.1, -0.05) is 42.5 Å². The lowest BCUT2D eigenvalue weighted by Crippen LogP contribution is -2.11. The van der Waals surface area contributed by atoms with Crippen molar-refractivity contribution in [2.45, 2.75) is 6.61 Å². The third-order valence-corrected chi connectivity index (χ3v) is 4.15. The molecule has 0 saturated heterocycles. The Hall–Kier alpha value is -3.31. The summed E-state index contributed by atoms with van der Waals surface area (Å²) in [5.41, 5.74) is 8.84. The molecule has 0 radical (unpaired) electrons. The van der Waals surface area contributed by atoms with Crippen molar-refractivity contribution in [3.63, 3.8) is 0 Å². The summed E-state index contributed by atoms with van der Waals surface area (Å²) >= 11 is 0. The quantitative estimate of drug-likeness (QED) is 0.600. The molecule has 0 fully saturated rings. The monoisotopic (exact) mass is 377 g/mol. The van der Waals surface area contributed by atoms with E-state index in [9.17, 15) is 4.79 Å². The lowest BCUT2D eigenvalue weighted by Gasteiger charge is -2.11. The topological polar surface area (TPSA) is 70.8 Å². The Morgan fingerprint density at radius 1 is 0.857 bits per heavy atom. The number of nitrogens with two attached hydrogens (primary N) is 1. The summed E-state index contributed by atoms with van der Waals surface area (Å²) in [5.74, 6) is 0.936. The molecule has 0 heterocycles. The van der Waals surface area contributed by atoms with Crippen LogP contribution in [0.3, 0.4) is 0 Å². The number of esters is 1. The van der Waals surface area contributed by atoms with Crippen LogP contribution in [0.15, 0.2) is 72.8 Å². The fraction of sp³-hybridized carbons (Fsp3) is 0.174. The summed E-state index contributed by atoms with van der Waals surface area (Å²) in [6.07, 6.45) is 0. The Morgan fingerprint density at radius 2 is 1.61 bits per heavy atom. The molecule has 0 bridgehead atoms. The van der Waals surface area contributed by atoms with Crippen molar-refractivity contribution < 1.29 is 19.0 Å². The molecular formula is C23H23NO4. The minimum Gasteiger partial charge on any atom is -0.492 e. The van der Waals surface area contributed by atoms with Crippen molar-refractivity contribution in [1.82, 2.24) is 0 Å². The maximum atomic E-state index is 12.0. The van der Waals surface area contributed by atoms with Crippen LogP contribution in [0.5, 0.6) is 11.5 Å². The highest BCUT2D eigenvalue weighted by Crippen LogP contribution is 2.28. The first-order valence-electron chi connectivity index (χ1n) is 9.03. The van der Waals surface area contributed by atoms with Crippen LogP contribution in [0.1, 0.15) is 15.9 Å². The Kier molecular flexibility index (Phi) is 6.65. The van der Waals surface area contributed by atoms with Crippen LogP contribution in [-0.4, -0.2) is 26.2 Å². The number of rotatable bonds is 8. The van der Waals surface area contributed by atoms with Gasteiger partial charge in [0.1, 0.15) is 24.7 Å². The van der Waals surface area contributed by atoms with Crippen molar-refractivity contribution in [2.24, 2.45) is 5.73 Å². The number of ether oxygens (including phenoxy) is 3. The zero-order valence-corrected chi connectivity index (χ0v) is 15.8. The molecular weight excluding hydrogens is 354 g/mol. The molecule has 0 amide bonds. The molecule has 0 unspecified atom stereocenters. The van der Waals surface area contributed by atoms with E-state index in [1.807, 2.05) is 60.7 Å². The number of benzene rings is 3. The van der Waals surface area contributed by atoms with Crippen LogP contribution < -0.4 is 15.2 Å². The Labute approximate surface area is 164 Å². The first-order valence-corrected chi connectivity index (χ1v) is 9.03. The lowest BCUT2D eigenvalue weighted by atomic mass is 10.0. The zero-order chi connectivity index (χ0) is 19.8. The molecule has 3 aromatic rings. The fourth-order valence-corrected chi connectivity index (χ4v) is 2.75. The van der Waals surface area contributed by atoms with Gasteiger partial charge < -0.3 is 19.9 Å². The minimum absolute atomic E-state index is 0.371. The van der Waals surface area contributed by atoms with Gasteiger partial charge in [0.2, 0.25) is 0 Å². The van der Waals surface area contributed by atoms with Gasteiger partial charge in [-0.25, -0.2) is 4.79 Å². The molecule has 28 heavy (non-hydrogen) atoms. The van der Waals surface area contributed by atoms with Crippen LogP contribution in [-0.2, 0) is 11.3 Å². The van der Waals surface area contributed by atoms with Crippen LogP contribution in [0, 0.1) is 0 Å². The summed E-state index contributed by atoms with van der Waals surface area (Å²) in [7, 11) is 1.36. The van der Waals surface area contributed by atoms with Crippen LogP contribution >= 0.6 is 0 Å². The third-order valence-electron chi connectivity index (χ3n) is 4.15. The average molecular weight is 377 g/mol. The second-order valence-corrected chi connectivity index (χ2v) is 6.17. The smallest absolute Gasteiger partial charge is 0.338 e. The van der Waals surface area contributed by atoms with Gasteiger partial charge >= 0.3 is 5.97 Å². The van der Waals surface area contributed by atoms with Crippen molar-refractivity contribution in [2.75, 3.05) is 20.3 Å². The molecule has 0 aliphatic carbocycles. The SMILES string of the molecule is COC(=O)c1cc(OCCN)cc(-c2ccc(OCc3ccccc3)cc2)c1. The number of carbonyl (C=O) groups is 1. The maximum absolute atomic E-state index is 12.0. The molecule has 0 aliphatic rings. The molecule has 0 aliphatic heterocycles. The van der Waals surface area contributed by atoms with Gasteiger partial charge in [-0.3, -0.25) is 0 Å². The fourth-order valence-electron chi connectivity index (χ4n) is 2.75. The Bertz CT molecular complexity index is 908. The molecule has 3 aromatic carbocycles. The highest BCUT2D eigenvalue weighted by atomic mass is 16.5. The summed E-state index contributed by atoms with van der Waals surface area (Å²) < 4.78 is 16.3. The van der Waals surface area contributed by atoms with E-state index < -0.39 is 5.97 Å². The average Bonchev–Trinajstić information content (AvgIpc) is 2.76. The van der Waals surface area contributed by atoms with Gasteiger partial charge in [0.25, 0.3) is 0 Å². The highest BCUT2D eigenvalue weighted by Gasteiger charge is 2.11. The number of carbonyl (C=O) groups excluding carboxylic acids is 1. The molecule has 5 heteroatoms. The van der Waals surface area contributed by atoms with Crippen LogP contribution in [0.2, 0.25) is 0 Å². The van der Waals surface area contributed by atoms with Gasteiger partial charge in [-0.15, -0.1) is 0 Å². The molecule has 2 N–H and O–H groups in total. The van der Waals surface area contributed by atoms with Crippen molar-refractivity contribution in [3.8, 4) is 22.6 Å². The van der Waals surface area contributed by atoms with Crippen LogP contribution in [0.4, 0.5) is 0 Å². The number of hydrogen-bond acceptors (Lipinski definition) is 5. The van der Waals surface area contributed by atoms with E-state index in [0.717, 1.165) is 22.4 Å². The van der Waals surface area contributed by atoms with Gasteiger partial charge in [0.05, 0.1) is 12.7 Å². The lowest BCUT2D eigenvalue weighted by molar-refractivity contribution is 0.0600. The van der Waals surface area contributed by atoms with Gasteiger partial charge in [0, 0.05) is 6.54 Å². The first-order chi connectivity index (χ1) is 13.7. The Balaban J connectivity index is 1.78. The van der Waals surface area contributed by atoms with E-state index in [4.69, 9.17) is 19.9 Å². The second-order valence-electron chi connectivity index (χ2n) is 6.17.